The molecule has 2 rings (SSSR count). The van der Waals surface area contributed by atoms with Crippen LogP contribution in [-0.4, -0.2) is 30.8 Å². The summed E-state index contributed by atoms with van der Waals surface area (Å²) in [5.74, 6) is -0.319. The molecule has 4 nitrogen and oxygen atoms in total. The summed E-state index contributed by atoms with van der Waals surface area (Å²) in [6, 6.07) is 6.59. The lowest BCUT2D eigenvalue weighted by Gasteiger charge is -2.13. The van der Waals surface area contributed by atoms with E-state index >= 15 is 0 Å². The maximum Gasteiger partial charge on any atom is 0.335 e. The van der Waals surface area contributed by atoms with Crippen molar-refractivity contribution in [1.29, 1.82) is 0 Å². The molecule has 0 aliphatic heterocycles. The Balaban J connectivity index is 1.68. The Kier molecular flexibility index (Phi) is 4.43. The zero-order valence-electron chi connectivity index (χ0n) is 11.3. The third kappa shape index (κ3) is 3.96. The first-order valence-electron chi connectivity index (χ1n) is 6.82. The van der Waals surface area contributed by atoms with Crippen LogP contribution < -0.4 is 10.1 Å². The number of hydrogen-bond acceptors (Lipinski definition) is 3. The summed E-state index contributed by atoms with van der Waals surface area (Å²) in [5, 5.41) is 12.3. The van der Waals surface area contributed by atoms with Crippen LogP contribution in [0.3, 0.4) is 0 Å². The molecule has 2 N–H and O–H groups in total. The Morgan fingerprint density at radius 2 is 2.26 bits per heavy atom. The van der Waals surface area contributed by atoms with E-state index < -0.39 is 5.97 Å². The average Bonchev–Trinajstić information content (AvgIpc) is 3.19. The molecule has 19 heavy (non-hydrogen) atoms. The molecule has 1 aliphatic carbocycles. The van der Waals surface area contributed by atoms with E-state index in [0.717, 1.165) is 13.1 Å². The van der Waals surface area contributed by atoms with E-state index in [9.17, 15) is 4.79 Å². The molecule has 1 aromatic rings. The maximum atomic E-state index is 10.8. The lowest BCUT2D eigenvalue weighted by atomic mass is 10.0. The maximum absolute atomic E-state index is 10.8. The van der Waals surface area contributed by atoms with Crippen LogP contribution in [0.5, 0.6) is 5.75 Å². The first kappa shape index (κ1) is 13.9. The van der Waals surface area contributed by atoms with Crippen LogP contribution in [0, 0.1) is 5.41 Å². The quantitative estimate of drug-likeness (QED) is 0.708. The van der Waals surface area contributed by atoms with E-state index in [-0.39, 0.29) is 5.56 Å². The lowest BCUT2D eigenvalue weighted by molar-refractivity contribution is 0.0696. The molecule has 0 saturated heterocycles. The summed E-state index contributed by atoms with van der Waals surface area (Å²) in [6.45, 7) is 4.65. The highest BCUT2D eigenvalue weighted by Gasteiger charge is 2.39. The topological polar surface area (TPSA) is 58.6 Å². The fraction of sp³-hybridized carbons (Fsp3) is 0.533. The minimum absolute atomic E-state index is 0.258. The van der Waals surface area contributed by atoms with Gasteiger partial charge in [0, 0.05) is 13.1 Å². The first-order chi connectivity index (χ1) is 9.15. The van der Waals surface area contributed by atoms with Gasteiger partial charge in [0.1, 0.15) is 12.4 Å². The van der Waals surface area contributed by atoms with Crippen LogP contribution in [0.15, 0.2) is 24.3 Å². The summed E-state index contributed by atoms with van der Waals surface area (Å²) in [6.07, 6.45) is 3.90. The van der Waals surface area contributed by atoms with Crippen molar-refractivity contribution in [2.24, 2.45) is 5.41 Å². The predicted molar refractivity (Wildman–Crippen MR) is 73.7 cm³/mol. The molecule has 0 bridgehead atoms. The molecule has 1 aliphatic rings. The number of ether oxygens (including phenoxy) is 1. The van der Waals surface area contributed by atoms with E-state index in [0.29, 0.717) is 17.8 Å². The van der Waals surface area contributed by atoms with Crippen molar-refractivity contribution in [3.8, 4) is 5.75 Å². The molecular weight excluding hydrogens is 242 g/mol. The molecule has 1 saturated carbocycles. The fourth-order valence-electron chi connectivity index (χ4n) is 2.15. The van der Waals surface area contributed by atoms with Crippen molar-refractivity contribution < 1.29 is 14.6 Å². The zero-order valence-corrected chi connectivity index (χ0v) is 11.3. The first-order valence-corrected chi connectivity index (χ1v) is 6.82. The number of carboxylic acids is 1. The van der Waals surface area contributed by atoms with Crippen LogP contribution in [0.1, 0.15) is 36.5 Å². The van der Waals surface area contributed by atoms with Crippen LogP contribution in [0.2, 0.25) is 0 Å². The highest BCUT2D eigenvalue weighted by Crippen LogP contribution is 2.47. The third-order valence-electron chi connectivity index (χ3n) is 3.84. The summed E-state index contributed by atoms with van der Waals surface area (Å²) in [4.78, 5) is 10.8. The van der Waals surface area contributed by atoms with Gasteiger partial charge in [0.15, 0.2) is 0 Å². The van der Waals surface area contributed by atoms with Gasteiger partial charge in [0.05, 0.1) is 5.56 Å². The molecule has 4 heteroatoms. The Morgan fingerprint density at radius 3 is 2.89 bits per heavy atom. The molecule has 0 atom stereocenters. The Hall–Kier alpha value is -1.55. The highest BCUT2D eigenvalue weighted by atomic mass is 16.5. The minimum atomic E-state index is -0.929. The third-order valence-corrected chi connectivity index (χ3v) is 3.84. The number of carbonyl (C=O) groups is 1. The zero-order chi connectivity index (χ0) is 13.7. The molecule has 0 spiro atoms. The molecule has 0 heterocycles. The van der Waals surface area contributed by atoms with Crippen molar-refractivity contribution in [3.63, 3.8) is 0 Å². The number of aromatic carboxylic acids is 1. The van der Waals surface area contributed by atoms with Gasteiger partial charge < -0.3 is 15.2 Å². The number of nitrogens with one attached hydrogen (secondary N) is 1. The molecule has 0 unspecified atom stereocenters. The number of hydrogen-bond donors (Lipinski definition) is 2. The van der Waals surface area contributed by atoms with Crippen LogP contribution in [0.4, 0.5) is 0 Å². The van der Waals surface area contributed by atoms with Gasteiger partial charge in [-0.05, 0) is 42.9 Å². The average molecular weight is 263 g/mol. The van der Waals surface area contributed by atoms with E-state index in [4.69, 9.17) is 9.84 Å². The Bertz CT molecular complexity index is 441. The summed E-state index contributed by atoms with van der Waals surface area (Å²) < 4.78 is 5.54. The van der Waals surface area contributed by atoms with Gasteiger partial charge in [-0.1, -0.05) is 13.0 Å². The van der Waals surface area contributed by atoms with Crippen LogP contribution in [-0.2, 0) is 0 Å². The molecule has 1 fully saturated rings. The number of carboxylic acid groups (broad SMARTS) is 1. The molecule has 0 amide bonds. The lowest BCUT2D eigenvalue weighted by Crippen LogP contribution is -2.27. The van der Waals surface area contributed by atoms with Crippen molar-refractivity contribution in [2.75, 3.05) is 19.7 Å². The van der Waals surface area contributed by atoms with Gasteiger partial charge in [0.25, 0.3) is 0 Å². The second-order valence-electron chi connectivity index (χ2n) is 5.21. The predicted octanol–water partition coefficient (Wildman–Crippen LogP) is 2.54. The Labute approximate surface area is 113 Å². The molecule has 104 valence electrons. The Morgan fingerprint density at radius 1 is 1.47 bits per heavy atom. The molecular formula is C15H21NO3. The van der Waals surface area contributed by atoms with Crippen molar-refractivity contribution in [1.82, 2.24) is 5.32 Å². The highest BCUT2D eigenvalue weighted by molar-refractivity contribution is 5.87. The van der Waals surface area contributed by atoms with Gasteiger partial charge in [-0.25, -0.2) is 4.79 Å². The van der Waals surface area contributed by atoms with Gasteiger partial charge in [0.2, 0.25) is 0 Å². The summed E-state index contributed by atoms with van der Waals surface area (Å²) in [5.41, 5.74) is 0.803. The summed E-state index contributed by atoms with van der Waals surface area (Å²) in [7, 11) is 0. The number of rotatable bonds is 8. The smallest absolute Gasteiger partial charge is 0.335 e. The van der Waals surface area contributed by atoms with E-state index in [2.05, 4.69) is 12.2 Å². The van der Waals surface area contributed by atoms with Gasteiger partial charge in [-0.2, -0.15) is 0 Å². The second kappa shape index (κ2) is 6.06. The van der Waals surface area contributed by atoms with Crippen molar-refractivity contribution >= 4 is 5.97 Å². The SMILES string of the molecule is CCC1(CNCCOc2cccc(C(=O)O)c2)CC1. The standard InChI is InChI=1S/C15H21NO3/c1-2-15(6-7-15)11-16-8-9-19-13-5-3-4-12(10-13)14(17)18/h3-5,10,16H,2,6-9,11H2,1H3,(H,17,18). The fourth-order valence-corrected chi connectivity index (χ4v) is 2.15. The second-order valence-corrected chi connectivity index (χ2v) is 5.21. The monoisotopic (exact) mass is 263 g/mol. The normalized spacial score (nSPS) is 16.1. The van der Waals surface area contributed by atoms with Crippen molar-refractivity contribution in [3.05, 3.63) is 29.8 Å². The van der Waals surface area contributed by atoms with Gasteiger partial charge in [-0.15, -0.1) is 0 Å². The largest absolute Gasteiger partial charge is 0.492 e. The van der Waals surface area contributed by atoms with E-state index in [1.807, 2.05) is 0 Å². The van der Waals surface area contributed by atoms with Crippen LogP contribution >= 0.6 is 0 Å². The van der Waals surface area contributed by atoms with Crippen LogP contribution in [0.25, 0.3) is 0 Å². The van der Waals surface area contributed by atoms with Gasteiger partial charge in [-0.3, -0.25) is 0 Å². The minimum Gasteiger partial charge on any atom is -0.492 e. The van der Waals surface area contributed by atoms with E-state index in [1.54, 1.807) is 24.3 Å². The van der Waals surface area contributed by atoms with Crippen molar-refractivity contribution in [2.45, 2.75) is 26.2 Å². The molecule has 1 aromatic carbocycles. The molecule has 0 radical (unpaired) electrons. The molecule has 0 aromatic heterocycles. The summed E-state index contributed by atoms with van der Waals surface area (Å²) >= 11 is 0. The number of benzene rings is 1. The van der Waals surface area contributed by atoms with Gasteiger partial charge >= 0.3 is 5.97 Å². The van der Waals surface area contributed by atoms with E-state index in [1.165, 1.54) is 19.3 Å².